The molecule has 6 rings (SSSR count). The van der Waals surface area contributed by atoms with E-state index in [1.54, 1.807) is 6.33 Å². The molecule has 208 valence electrons. The fraction of sp³-hybridized carbons (Fsp3) is 0.613. The van der Waals surface area contributed by atoms with E-state index in [0.717, 1.165) is 94.2 Å². The van der Waals surface area contributed by atoms with Crippen LogP contribution in [0.2, 0.25) is 0 Å². The van der Waals surface area contributed by atoms with Crippen LogP contribution >= 0.6 is 0 Å². The van der Waals surface area contributed by atoms with Crippen LogP contribution in [-0.2, 0) is 24.3 Å². The minimum Gasteiger partial charge on any atom is -0.356 e. The van der Waals surface area contributed by atoms with Gasteiger partial charge in [0, 0.05) is 39.1 Å². The normalized spacial score (nSPS) is 21.1. The van der Waals surface area contributed by atoms with Crippen LogP contribution in [0.4, 0.5) is 5.82 Å². The van der Waals surface area contributed by atoms with Gasteiger partial charge < -0.3 is 14.8 Å². The molecule has 0 aliphatic carbocycles. The first kappa shape index (κ1) is 26.2. The number of amides is 1. The van der Waals surface area contributed by atoms with Crippen molar-refractivity contribution < 1.29 is 4.79 Å². The molecule has 3 aliphatic rings. The van der Waals surface area contributed by atoms with Crippen molar-refractivity contribution >= 4 is 22.9 Å². The highest BCUT2D eigenvalue weighted by molar-refractivity contribution is 5.85. The molecule has 2 saturated heterocycles. The Bertz CT molecular complexity index is 1310. The highest BCUT2D eigenvalue weighted by Crippen LogP contribution is 2.29. The second kappa shape index (κ2) is 11.6. The molecule has 1 atom stereocenters. The number of hydrogen-bond donors (Lipinski definition) is 1. The maximum atomic E-state index is 13.3. The maximum Gasteiger partial charge on any atom is 0.224 e. The van der Waals surface area contributed by atoms with Crippen molar-refractivity contribution in [2.75, 3.05) is 37.6 Å². The molecule has 0 radical (unpaired) electrons. The van der Waals surface area contributed by atoms with Crippen LogP contribution in [0.25, 0.3) is 11.2 Å². The molecule has 1 aromatic carbocycles. The fourth-order valence-corrected chi connectivity index (χ4v) is 6.69. The highest BCUT2D eigenvalue weighted by atomic mass is 16.1. The zero-order chi connectivity index (χ0) is 26.8. The highest BCUT2D eigenvalue weighted by Gasteiger charge is 2.30. The van der Waals surface area contributed by atoms with Crippen molar-refractivity contribution in [1.29, 1.82) is 0 Å². The van der Waals surface area contributed by atoms with Gasteiger partial charge in [0.15, 0.2) is 17.0 Å². The Kier molecular flexibility index (Phi) is 7.82. The van der Waals surface area contributed by atoms with Gasteiger partial charge in [-0.25, -0.2) is 15.0 Å². The van der Waals surface area contributed by atoms with E-state index in [2.05, 4.69) is 61.7 Å². The lowest BCUT2D eigenvalue weighted by atomic mass is 9.94. The van der Waals surface area contributed by atoms with Gasteiger partial charge in [0.2, 0.25) is 5.91 Å². The van der Waals surface area contributed by atoms with Crippen LogP contribution in [0.3, 0.4) is 0 Å². The smallest absolute Gasteiger partial charge is 0.224 e. The Morgan fingerprint density at radius 1 is 1.00 bits per heavy atom. The number of carbonyl (C=O) groups excluding carboxylic acids is 1. The molecule has 2 fully saturated rings. The van der Waals surface area contributed by atoms with Crippen molar-refractivity contribution in [2.45, 2.75) is 78.3 Å². The van der Waals surface area contributed by atoms with Crippen molar-refractivity contribution in [3.8, 4) is 0 Å². The number of likely N-dealkylation sites (tertiary alicyclic amines) is 1. The van der Waals surface area contributed by atoms with Crippen LogP contribution < -0.4 is 10.2 Å². The van der Waals surface area contributed by atoms with Crippen LogP contribution in [0.15, 0.2) is 24.5 Å². The minimum absolute atomic E-state index is 0.00594. The quantitative estimate of drug-likeness (QED) is 0.510. The first-order chi connectivity index (χ1) is 19.0. The second-order valence-electron chi connectivity index (χ2n) is 12.0. The topological polar surface area (TPSA) is 79.2 Å². The number of imidazole rings is 1. The summed E-state index contributed by atoms with van der Waals surface area (Å²) in [6.07, 6.45) is 10.5. The van der Waals surface area contributed by atoms with E-state index in [0.29, 0.717) is 12.5 Å². The third kappa shape index (κ3) is 5.81. The summed E-state index contributed by atoms with van der Waals surface area (Å²) in [5.74, 6) is 2.79. The molecule has 1 N–H and O–H groups in total. The van der Waals surface area contributed by atoms with Crippen LogP contribution in [0, 0.1) is 25.7 Å². The average Bonchev–Trinajstić information content (AvgIpc) is 3.15. The SMILES string of the molecule is Cc1ccc(C)c(CN2CCC(CNC(=O)C3CCCN(c4ncnc5c4nc4n5CCCCC4)C3)CC2)c1. The standard InChI is InChI=1S/C31H43N7O/c1-22-9-10-23(2)26(17-22)19-36-15-11-24(12-16-36)18-32-31(39)25-7-6-13-37(20-25)29-28-30(34-21-33-29)38-14-5-3-4-8-27(38)35-28/h9-10,17,21,24-25H,3-8,11-16,18-20H2,1-2H3,(H,32,39). The molecule has 8 nitrogen and oxygen atoms in total. The van der Waals surface area contributed by atoms with Gasteiger partial charge in [0.25, 0.3) is 0 Å². The van der Waals surface area contributed by atoms with Crippen molar-refractivity contribution in [3.63, 3.8) is 0 Å². The zero-order valence-electron chi connectivity index (χ0n) is 23.7. The summed E-state index contributed by atoms with van der Waals surface area (Å²) in [4.78, 5) is 32.3. The number of rotatable bonds is 6. The molecule has 0 bridgehead atoms. The lowest BCUT2D eigenvalue weighted by Gasteiger charge is -2.34. The van der Waals surface area contributed by atoms with E-state index >= 15 is 0 Å². The van der Waals surface area contributed by atoms with Crippen molar-refractivity contribution in [2.24, 2.45) is 11.8 Å². The first-order valence-corrected chi connectivity index (χ1v) is 15.1. The number of aromatic nitrogens is 4. The summed E-state index contributed by atoms with van der Waals surface area (Å²) in [6, 6.07) is 6.75. The Labute approximate surface area is 232 Å². The second-order valence-corrected chi connectivity index (χ2v) is 12.0. The lowest BCUT2D eigenvalue weighted by Crippen LogP contribution is -2.45. The van der Waals surface area contributed by atoms with Gasteiger partial charge in [0.05, 0.1) is 5.92 Å². The molecule has 1 unspecified atom stereocenters. The molecular weight excluding hydrogens is 486 g/mol. The van der Waals surface area contributed by atoms with Gasteiger partial charge in [-0.3, -0.25) is 9.69 Å². The molecule has 5 heterocycles. The Morgan fingerprint density at radius 2 is 1.87 bits per heavy atom. The van der Waals surface area contributed by atoms with E-state index < -0.39 is 0 Å². The van der Waals surface area contributed by atoms with Gasteiger partial charge in [-0.1, -0.05) is 30.2 Å². The molecule has 2 aromatic heterocycles. The number of carbonyl (C=O) groups is 1. The van der Waals surface area contributed by atoms with Gasteiger partial charge in [-0.05, 0) is 82.5 Å². The van der Waals surface area contributed by atoms with Crippen molar-refractivity contribution in [1.82, 2.24) is 29.7 Å². The van der Waals surface area contributed by atoms with Gasteiger partial charge >= 0.3 is 0 Å². The number of piperidine rings is 2. The average molecular weight is 530 g/mol. The predicted octanol–water partition coefficient (Wildman–Crippen LogP) is 4.41. The van der Waals surface area contributed by atoms with E-state index in [-0.39, 0.29) is 11.8 Å². The third-order valence-corrected chi connectivity index (χ3v) is 9.14. The molecule has 39 heavy (non-hydrogen) atoms. The number of benzene rings is 1. The van der Waals surface area contributed by atoms with Crippen LogP contribution in [-0.4, -0.2) is 63.0 Å². The lowest BCUT2D eigenvalue weighted by molar-refractivity contribution is -0.125. The summed E-state index contributed by atoms with van der Waals surface area (Å²) >= 11 is 0. The third-order valence-electron chi connectivity index (χ3n) is 9.14. The molecule has 8 heteroatoms. The maximum absolute atomic E-state index is 13.3. The van der Waals surface area contributed by atoms with Gasteiger partial charge in [-0.2, -0.15) is 0 Å². The molecule has 3 aliphatic heterocycles. The molecular formula is C31H43N7O. The number of hydrogen-bond acceptors (Lipinski definition) is 6. The van der Waals surface area contributed by atoms with Gasteiger partial charge in [-0.15, -0.1) is 0 Å². The summed E-state index contributed by atoms with van der Waals surface area (Å²) < 4.78 is 2.29. The summed E-state index contributed by atoms with van der Waals surface area (Å²) in [7, 11) is 0. The summed E-state index contributed by atoms with van der Waals surface area (Å²) in [6.45, 7) is 11.0. The van der Waals surface area contributed by atoms with E-state index in [4.69, 9.17) is 4.98 Å². The van der Waals surface area contributed by atoms with Crippen LogP contribution in [0.5, 0.6) is 0 Å². The Balaban J connectivity index is 1.02. The molecule has 0 saturated carbocycles. The Hall–Kier alpha value is -3.00. The minimum atomic E-state index is -0.00594. The summed E-state index contributed by atoms with van der Waals surface area (Å²) in [5.41, 5.74) is 6.01. The monoisotopic (exact) mass is 529 g/mol. The largest absolute Gasteiger partial charge is 0.356 e. The number of nitrogens with one attached hydrogen (secondary N) is 1. The van der Waals surface area contributed by atoms with Crippen molar-refractivity contribution in [3.05, 3.63) is 47.0 Å². The number of aryl methyl sites for hydroxylation is 4. The molecule has 1 amide bonds. The van der Waals surface area contributed by atoms with E-state index in [1.165, 1.54) is 36.0 Å². The number of anilines is 1. The fourth-order valence-electron chi connectivity index (χ4n) is 6.69. The number of fused-ring (bicyclic) bond motifs is 3. The van der Waals surface area contributed by atoms with Gasteiger partial charge in [0.1, 0.15) is 12.2 Å². The summed E-state index contributed by atoms with van der Waals surface area (Å²) in [5, 5.41) is 3.32. The molecule has 3 aromatic rings. The number of nitrogens with zero attached hydrogens (tertiary/aromatic N) is 6. The molecule has 0 spiro atoms. The first-order valence-electron chi connectivity index (χ1n) is 15.1. The van der Waals surface area contributed by atoms with E-state index in [9.17, 15) is 4.79 Å². The zero-order valence-corrected chi connectivity index (χ0v) is 23.7. The predicted molar refractivity (Wildman–Crippen MR) is 155 cm³/mol. The van der Waals surface area contributed by atoms with E-state index in [1.807, 2.05) is 0 Å². The van der Waals surface area contributed by atoms with Crippen LogP contribution in [0.1, 0.15) is 67.5 Å². The Morgan fingerprint density at radius 3 is 2.74 bits per heavy atom.